The molecule has 2 saturated heterocycles. The van der Waals surface area contributed by atoms with Gasteiger partial charge in [0.1, 0.15) is 0 Å². The Bertz CT molecular complexity index is 298. The van der Waals surface area contributed by atoms with Gasteiger partial charge in [-0.1, -0.05) is 0 Å². The number of likely N-dealkylation sites (tertiary alicyclic amines) is 1. The third-order valence-electron chi connectivity index (χ3n) is 4.52. The number of carbonyl (C=O) groups excluding carboxylic acids is 1. The Morgan fingerprint density at radius 3 is 2.63 bits per heavy atom. The second-order valence-corrected chi connectivity index (χ2v) is 6.04. The Morgan fingerprint density at radius 1 is 1.26 bits per heavy atom. The first-order valence-electron chi connectivity index (χ1n) is 7.28. The lowest BCUT2D eigenvalue weighted by Crippen LogP contribution is -2.53. The van der Waals surface area contributed by atoms with E-state index in [1.165, 1.54) is 6.42 Å². The summed E-state index contributed by atoms with van der Waals surface area (Å²) in [4.78, 5) is 17.0. The molecule has 1 amide bonds. The van der Waals surface area contributed by atoms with Crippen LogP contribution in [-0.2, 0) is 4.79 Å². The Morgan fingerprint density at radius 2 is 2.00 bits per heavy atom. The molecule has 0 aromatic rings. The van der Waals surface area contributed by atoms with E-state index < -0.39 is 0 Å². The number of carbonyl (C=O) groups is 1. The van der Waals surface area contributed by atoms with Crippen molar-refractivity contribution in [3.05, 3.63) is 0 Å². The van der Waals surface area contributed by atoms with E-state index >= 15 is 0 Å². The lowest BCUT2D eigenvalue weighted by molar-refractivity contribution is -0.139. The largest absolute Gasteiger partial charge is 0.341 e. The van der Waals surface area contributed by atoms with Crippen LogP contribution in [0.5, 0.6) is 0 Å². The summed E-state index contributed by atoms with van der Waals surface area (Å²) in [7, 11) is 4.23. The lowest BCUT2D eigenvalue weighted by atomic mass is 9.89. The van der Waals surface area contributed by atoms with Crippen LogP contribution in [0.3, 0.4) is 0 Å². The molecule has 0 aliphatic carbocycles. The summed E-state index contributed by atoms with van der Waals surface area (Å²) in [6.45, 7) is 5.07. The number of hydrogen-bond acceptors (Lipinski definition) is 3. The van der Waals surface area contributed by atoms with E-state index in [0.29, 0.717) is 18.0 Å². The molecule has 2 aliphatic heterocycles. The summed E-state index contributed by atoms with van der Waals surface area (Å²) in [6, 6.07) is 0.875. The smallest absolute Gasteiger partial charge is 0.227 e. The second kappa shape index (κ2) is 7.46. The van der Waals surface area contributed by atoms with Crippen molar-refractivity contribution in [3.63, 3.8) is 0 Å². The summed E-state index contributed by atoms with van der Waals surface area (Å²) < 4.78 is 0. The van der Waals surface area contributed by atoms with E-state index in [1.54, 1.807) is 0 Å². The van der Waals surface area contributed by atoms with Crippen molar-refractivity contribution in [2.24, 2.45) is 5.92 Å². The van der Waals surface area contributed by atoms with Crippen molar-refractivity contribution in [2.75, 3.05) is 33.7 Å². The van der Waals surface area contributed by atoms with Crippen LogP contribution in [-0.4, -0.2) is 61.5 Å². The standard InChI is InChI=1S/C14H27N3O.ClH/c1-11-13(7-4-8-15-11)14(18)17-9-5-6-12(10-17)16(2)3;/h11-13,15H,4-10H2,1-3H3;1H. The van der Waals surface area contributed by atoms with Crippen molar-refractivity contribution in [1.29, 1.82) is 0 Å². The monoisotopic (exact) mass is 289 g/mol. The average Bonchev–Trinajstić information content (AvgIpc) is 2.38. The van der Waals surface area contributed by atoms with Gasteiger partial charge in [0.25, 0.3) is 0 Å². The van der Waals surface area contributed by atoms with Gasteiger partial charge in [-0.2, -0.15) is 0 Å². The van der Waals surface area contributed by atoms with Crippen molar-refractivity contribution in [3.8, 4) is 0 Å². The first-order valence-corrected chi connectivity index (χ1v) is 7.28. The molecular weight excluding hydrogens is 262 g/mol. The minimum Gasteiger partial charge on any atom is -0.341 e. The highest BCUT2D eigenvalue weighted by atomic mass is 35.5. The van der Waals surface area contributed by atoms with Crippen molar-refractivity contribution >= 4 is 18.3 Å². The average molecular weight is 290 g/mol. The summed E-state index contributed by atoms with van der Waals surface area (Å²) >= 11 is 0. The van der Waals surface area contributed by atoms with E-state index in [-0.39, 0.29) is 18.3 Å². The third kappa shape index (κ3) is 4.07. The fourth-order valence-electron chi connectivity index (χ4n) is 3.19. The highest BCUT2D eigenvalue weighted by Gasteiger charge is 2.33. The maximum absolute atomic E-state index is 12.6. The van der Waals surface area contributed by atoms with Gasteiger partial charge in [-0.25, -0.2) is 0 Å². The quantitative estimate of drug-likeness (QED) is 0.834. The van der Waals surface area contributed by atoms with E-state index in [0.717, 1.165) is 38.9 Å². The Kier molecular flexibility index (Phi) is 6.57. The number of rotatable bonds is 2. The molecule has 0 bridgehead atoms. The summed E-state index contributed by atoms with van der Waals surface area (Å²) in [5, 5.41) is 3.43. The van der Waals surface area contributed by atoms with Crippen LogP contribution in [0, 0.1) is 5.92 Å². The van der Waals surface area contributed by atoms with Crippen molar-refractivity contribution in [2.45, 2.75) is 44.7 Å². The van der Waals surface area contributed by atoms with Gasteiger partial charge < -0.3 is 15.1 Å². The van der Waals surface area contributed by atoms with Crippen LogP contribution >= 0.6 is 12.4 Å². The molecule has 0 spiro atoms. The van der Waals surface area contributed by atoms with E-state index in [1.807, 2.05) is 0 Å². The van der Waals surface area contributed by atoms with Crippen LogP contribution in [0.2, 0.25) is 0 Å². The molecular formula is C14H28ClN3O. The Hall–Kier alpha value is -0.320. The molecule has 0 radical (unpaired) electrons. The molecule has 0 aromatic carbocycles. The normalized spacial score (nSPS) is 32.0. The maximum Gasteiger partial charge on any atom is 0.227 e. The van der Waals surface area contributed by atoms with E-state index in [9.17, 15) is 4.79 Å². The first-order chi connectivity index (χ1) is 8.59. The van der Waals surface area contributed by atoms with Gasteiger partial charge in [-0.3, -0.25) is 4.79 Å². The zero-order valence-electron chi connectivity index (χ0n) is 12.4. The van der Waals surface area contributed by atoms with Crippen LogP contribution in [0.25, 0.3) is 0 Å². The molecule has 0 aromatic heterocycles. The highest BCUT2D eigenvalue weighted by Crippen LogP contribution is 2.22. The van der Waals surface area contributed by atoms with Crippen molar-refractivity contribution in [1.82, 2.24) is 15.1 Å². The highest BCUT2D eigenvalue weighted by molar-refractivity contribution is 5.85. The van der Waals surface area contributed by atoms with Crippen LogP contribution < -0.4 is 5.32 Å². The number of likely N-dealkylation sites (N-methyl/N-ethyl adjacent to an activating group) is 1. The summed E-state index contributed by atoms with van der Waals surface area (Å²) in [5.74, 6) is 0.570. The molecule has 2 heterocycles. The molecule has 3 atom stereocenters. The second-order valence-electron chi connectivity index (χ2n) is 6.04. The zero-order valence-corrected chi connectivity index (χ0v) is 13.2. The van der Waals surface area contributed by atoms with E-state index in [2.05, 4.69) is 36.1 Å². The predicted octanol–water partition coefficient (Wildman–Crippen LogP) is 1.35. The third-order valence-corrected chi connectivity index (χ3v) is 4.52. The Balaban J connectivity index is 0.00000180. The maximum atomic E-state index is 12.6. The van der Waals surface area contributed by atoms with Gasteiger partial charge in [-0.15, -0.1) is 12.4 Å². The van der Waals surface area contributed by atoms with Gasteiger partial charge in [0, 0.05) is 25.2 Å². The molecule has 2 rings (SSSR count). The van der Waals surface area contributed by atoms with Gasteiger partial charge in [0.05, 0.1) is 5.92 Å². The first kappa shape index (κ1) is 16.7. The fraction of sp³-hybridized carbons (Fsp3) is 0.929. The summed E-state index contributed by atoms with van der Waals surface area (Å²) in [5.41, 5.74) is 0. The number of halogens is 1. The van der Waals surface area contributed by atoms with Crippen LogP contribution in [0.1, 0.15) is 32.6 Å². The predicted molar refractivity (Wildman–Crippen MR) is 80.7 cm³/mol. The van der Waals surface area contributed by atoms with E-state index in [4.69, 9.17) is 0 Å². The molecule has 2 fully saturated rings. The summed E-state index contributed by atoms with van der Waals surface area (Å²) in [6.07, 6.45) is 4.54. The Labute approximate surface area is 123 Å². The number of hydrogen-bond donors (Lipinski definition) is 1. The molecule has 1 N–H and O–H groups in total. The van der Waals surface area contributed by atoms with Crippen molar-refractivity contribution < 1.29 is 4.79 Å². The molecule has 4 nitrogen and oxygen atoms in total. The molecule has 3 unspecified atom stereocenters. The molecule has 2 aliphatic rings. The lowest BCUT2D eigenvalue weighted by Gasteiger charge is -2.39. The SMILES string of the molecule is CC1NCCCC1C(=O)N1CCCC(N(C)C)C1.Cl. The van der Waals surface area contributed by atoms with Gasteiger partial charge >= 0.3 is 0 Å². The minimum absolute atomic E-state index is 0. The fourth-order valence-corrected chi connectivity index (χ4v) is 3.19. The number of piperidine rings is 2. The molecule has 0 saturated carbocycles. The van der Waals surface area contributed by atoms with Gasteiger partial charge in [0.2, 0.25) is 5.91 Å². The van der Waals surface area contributed by atoms with Crippen LogP contribution in [0.15, 0.2) is 0 Å². The zero-order chi connectivity index (χ0) is 13.1. The molecule has 112 valence electrons. The van der Waals surface area contributed by atoms with Gasteiger partial charge in [0.15, 0.2) is 0 Å². The number of nitrogens with zero attached hydrogens (tertiary/aromatic N) is 2. The number of nitrogens with one attached hydrogen (secondary N) is 1. The van der Waals surface area contributed by atoms with Crippen LogP contribution in [0.4, 0.5) is 0 Å². The topological polar surface area (TPSA) is 35.6 Å². The minimum atomic E-state index is 0. The van der Waals surface area contributed by atoms with Gasteiger partial charge in [-0.05, 0) is 53.2 Å². The molecule has 5 heteroatoms. The number of amides is 1. The molecule has 19 heavy (non-hydrogen) atoms.